The van der Waals surface area contributed by atoms with Crippen LogP contribution in [0, 0.1) is 0 Å². The third kappa shape index (κ3) is 4.30. The lowest BCUT2D eigenvalue weighted by molar-refractivity contribution is -0.348. The molecule has 0 aliphatic carbocycles. The maximum absolute atomic E-state index is 14.4. The molecule has 12 heteroatoms. The van der Waals surface area contributed by atoms with E-state index in [1.165, 1.54) is 0 Å². The molecule has 0 radical (unpaired) electrons. The van der Waals surface area contributed by atoms with E-state index in [2.05, 4.69) is 10.3 Å². The van der Waals surface area contributed by atoms with Gasteiger partial charge in [0.2, 0.25) is 5.12 Å². The highest BCUT2D eigenvalue weighted by Crippen LogP contribution is 2.54. The Morgan fingerprint density at radius 3 is 2.36 bits per heavy atom. The first-order valence-electron chi connectivity index (χ1n) is 9.99. The first-order chi connectivity index (χ1) is 15.4. The number of benzene rings is 1. The van der Waals surface area contributed by atoms with E-state index in [0.717, 1.165) is 23.6 Å². The van der Waals surface area contributed by atoms with Crippen LogP contribution in [0.2, 0.25) is 0 Å². The zero-order valence-electron chi connectivity index (χ0n) is 16.9. The van der Waals surface area contributed by atoms with Crippen LogP contribution >= 0.6 is 11.9 Å². The van der Waals surface area contributed by atoms with E-state index in [-0.39, 0.29) is 35.7 Å². The second kappa shape index (κ2) is 8.46. The summed E-state index contributed by atoms with van der Waals surface area (Å²) in [5.41, 5.74) is -5.62. The Kier molecular flexibility index (Phi) is 6.10. The number of pyridine rings is 1. The molecule has 2 aliphatic heterocycles. The minimum absolute atomic E-state index is 0.0410. The van der Waals surface area contributed by atoms with Crippen molar-refractivity contribution in [3.63, 3.8) is 0 Å². The van der Waals surface area contributed by atoms with E-state index in [1.54, 1.807) is 24.5 Å². The predicted molar refractivity (Wildman–Crippen MR) is 108 cm³/mol. The number of halogens is 7. The van der Waals surface area contributed by atoms with Crippen LogP contribution in [0.5, 0.6) is 0 Å². The molecule has 33 heavy (non-hydrogen) atoms. The van der Waals surface area contributed by atoms with Gasteiger partial charge in [0, 0.05) is 55.1 Å². The molecule has 0 saturated carbocycles. The smallest absolute Gasteiger partial charge is 0.383 e. The molecule has 4 rings (SSSR count). The molecule has 178 valence electrons. The number of fused-ring (bicyclic) bond motifs is 3. The molecule has 2 atom stereocenters. The van der Waals surface area contributed by atoms with E-state index in [0.29, 0.717) is 30.7 Å². The molecule has 3 heterocycles. The van der Waals surface area contributed by atoms with Crippen molar-refractivity contribution in [2.24, 2.45) is 0 Å². The molecule has 0 amide bonds. The number of carbonyl (C=O) groups is 1. The van der Waals surface area contributed by atoms with E-state index >= 15 is 0 Å². The average Bonchev–Trinajstić information content (AvgIpc) is 3.14. The Hall–Kier alpha value is -2.34. The molecule has 1 aromatic heterocycles. The average molecular weight is 493 g/mol. The number of rotatable bonds is 4. The van der Waals surface area contributed by atoms with Gasteiger partial charge in [0.15, 0.2) is 0 Å². The van der Waals surface area contributed by atoms with E-state index in [1.807, 2.05) is 4.31 Å². The van der Waals surface area contributed by atoms with Crippen LogP contribution in [-0.4, -0.2) is 45.9 Å². The Morgan fingerprint density at radius 1 is 1.06 bits per heavy atom. The Bertz CT molecular complexity index is 1010. The number of alkyl halides is 7. The number of hydrogen-bond donors (Lipinski definition) is 1. The number of aromatic nitrogens is 1. The van der Waals surface area contributed by atoms with Crippen LogP contribution in [0.4, 0.5) is 36.4 Å². The molecule has 4 nitrogen and oxygen atoms in total. The normalized spacial score (nSPS) is 21.3. The van der Waals surface area contributed by atoms with Crippen LogP contribution in [0.3, 0.4) is 0 Å². The molecular weight excluding hydrogens is 475 g/mol. The van der Waals surface area contributed by atoms with Gasteiger partial charge in [-0.1, -0.05) is 12.1 Å². The van der Waals surface area contributed by atoms with Crippen LogP contribution in [0.1, 0.15) is 29.0 Å². The summed E-state index contributed by atoms with van der Waals surface area (Å²) in [5.74, 6) is -0.206. The molecule has 1 saturated heterocycles. The van der Waals surface area contributed by atoms with Gasteiger partial charge in [-0.05, 0) is 47.7 Å². The molecule has 1 aromatic carbocycles. The van der Waals surface area contributed by atoms with Gasteiger partial charge in [-0.15, -0.1) is 0 Å². The third-order valence-corrected chi connectivity index (χ3v) is 6.98. The number of anilines is 1. The SMILES string of the molecule is O=C(Cc1ccncc1)SN1CCC2c3ccc(C(F)(C(F)(F)F)C(F)(F)F)cc3NCC21. The Balaban J connectivity index is 1.53. The fourth-order valence-corrected chi connectivity index (χ4v) is 5.37. The van der Waals surface area contributed by atoms with Gasteiger partial charge in [0.05, 0.1) is 0 Å². The first kappa shape index (κ1) is 23.8. The summed E-state index contributed by atoms with van der Waals surface area (Å²) in [4.78, 5) is 16.4. The molecule has 1 N–H and O–H groups in total. The van der Waals surface area contributed by atoms with Crippen LogP contribution < -0.4 is 5.32 Å². The number of carbonyl (C=O) groups excluding carboxylic acids is 1. The lowest BCUT2D eigenvalue weighted by atomic mass is 9.84. The van der Waals surface area contributed by atoms with Gasteiger partial charge in [-0.2, -0.15) is 26.3 Å². The maximum atomic E-state index is 14.4. The van der Waals surface area contributed by atoms with Crippen LogP contribution in [-0.2, 0) is 16.9 Å². The summed E-state index contributed by atoms with van der Waals surface area (Å²) in [5, 5.41) is 2.73. The fraction of sp³-hybridized carbons (Fsp3) is 0.429. The van der Waals surface area contributed by atoms with Gasteiger partial charge in [0.1, 0.15) is 0 Å². The van der Waals surface area contributed by atoms with E-state index < -0.39 is 23.6 Å². The van der Waals surface area contributed by atoms with Gasteiger partial charge < -0.3 is 5.32 Å². The molecule has 0 bridgehead atoms. The highest BCUT2D eigenvalue weighted by atomic mass is 32.2. The van der Waals surface area contributed by atoms with Crippen LogP contribution in [0.15, 0.2) is 42.7 Å². The summed E-state index contributed by atoms with van der Waals surface area (Å²) in [6, 6.07) is 5.54. The second-order valence-electron chi connectivity index (χ2n) is 7.94. The Morgan fingerprint density at radius 2 is 1.73 bits per heavy atom. The largest absolute Gasteiger partial charge is 0.435 e. The van der Waals surface area contributed by atoms with Crippen molar-refractivity contribution in [3.05, 3.63) is 59.4 Å². The monoisotopic (exact) mass is 493 g/mol. The molecule has 1 fully saturated rings. The Labute approximate surface area is 188 Å². The summed E-state index contributed by atoms with van der Waals surface area (Å²) in [6.45, 7) is 0.719. The van der Waals surface area contributed by atoms with Crippen LogP contribution in [0.25, 0.3) is 0 Å². The van der Waals surface area contributed by atoms with E-state index in [4.69, 9.17) is 0 Å². The molecule has 0 spiro atoms. The number of nitrogens with zero attached hydrogens (tertiary/aromatic N) is 2. The van der Waals surface area contributed by atoms with Crippen molar-refractivity contribution in [1.82, 2.24) is 9.29 Å². The highest BCUT2D eigenvalue weighted by Gasteiger charge is 2.73. The fourth-order valence-electron chi connectivity index (χ4n) is 4.33. The van der Waals surface area contributed by atoms with Crippen molar-refractivity contribution in [1.29, 1.82) is 0 Å². The molecule has 2 aromatic rings. The summed E-state index contributed by atoms with van der Waals surface area (Å²) >= 11 is 1.05. The second-order valence-corrected chi connectivity index (χ2v) is 9.04. The number of hydrogen-bond acceptors (Lipinski definition) is 5. The van der Waals surface area contributed by atoms with Gasteiger partial charge in [0.25, 0.3) is 0 Å². The first-order valence-corrected chi connectivity index (χ1v) is 10.8. The maximum Gasteiger partial charge on any atom is 0.435 e. The number of nitrogens with one attached hydrogen (secondary N) is 1. The standard InChI is InChI=1S/C21H18F7N3OS/c22-19(20(23,24)25,21(26,27)28)13-1-2-14-15-5-8-31(17(15)11-30-16(14)10-13)33-18(32)9-12-3-6-29-7-4-12/h1-4,6-7,10,15,17,30H,5,8-9,11H2. The summed E-state index contributed by atoms with van der Waals surface area (Å²) in [6.07, 6.45) is -8.40. The summed E-state index contributed by atoms with van der Waals surface area (Å²) < 4.78 is 94.9. The van der Waals surface area contributed by atoms with Gasteiger partial charge in [-0.3, -0.25) is 9.78 Å². The zero-order valence-corrected chi connectivity index (χ0v) is 17.7. The zero-order chi connectivity index (χ0) is 24.0. The quantitative estimate of drug-likeness (QED) is 0.458. The van der Waals surface area contributed by atoms with Crippen molar-refractivity contribution in [2.75, 3.05) is 18.4 Å². The lowest BCUT2D eigenvalue weighted by Crippen LogP contribution is -2.50. The minimum atomic E-state index is -6.16. The lowest BCUT2D eigenvalue weighted by Gasteiger charge is -2.35. The molecule has 2 unspecified atom stereocenters. The van der Waals surface area contributed by atoms with Crippen molar-refractivity contribution in [2.45, 2.75) is 42.8 Å². The van der Waals surface area contributed by atoms with Crippen molar-refractivity contribution in [3.8, 4) is 0 Å². The van der Waals surface area contributed by atoms with Crippen molar-refractivity contribution >= 4 is 22.8 Å². The highest BCUT2D eigenvalue weighted by molar-refractivity contribution is 8.11. The van der Waals surface area contributed by atoms with Gasteiger partial charge >= 0.3 is 18.0 Å². The van der Waals surface area contributed by atoms with E-state index in [9.17, 15) is 35.5 Å². The third-order valence-electron chi connectivity index (χ3n) is 5.95. The summed E-state index contributed by atoms with van der Waals surface area (Å²) in [7, 11) is 0. The molecular formula is C21H18F7N3OS. The topological polar surface area (TPSA) is 45.2 Å². The predicted octanol–water partition coefficient (Wildman–Crippen LogP) is 5.37. The van der Waals surface area contributed by atoms with Crippen molar-refractivity contribution < 1.29 is 35.5 Å². The van der Waals surface area contributed by atoms with Gasteiger partial charge in [-0.25, -0.2) is 8.70 Å². The minimum Gasteiger partial charge on any atom is -0.383 e. The molecule has 2 aliphatic rings.